The lowest BCUT2D eigenvalue weighted by molar-refractivity contribution is 0.0955. The van der Waals surface area contributed by atoms with E-state index in [-0.39, 0.29) is 23.2 Å². The number of carbonyl (C=O) groups is 1. The number of halogens is 1. The van der Waals surface area contributed by atoms with E-state index in [2.05, 4.69) is 15.4 Å². The van der Waals surface area contributed by atoms with Crippen molar-refractivity contribution in [2.75, 3.05) is 26.7 Å². The predicted molar refractivity (Wildman–Crippen MR) is 79.8 cm³/mol. The Morgan fingerprint density at radius 2 is 2.00 bits per heavy atom. The van der Waals surface area contributed by atoms with Crippen LogP contribution < -0.4 is 15.4 Å². The van der Waals surface area contributed by atoms with Crippen molar-refractivity contribution < 1.29 is 13.2 Å². The molecule has 0 aliphatic carbocycles. The summed E-state index contributed by atoms with van der Waals surface area (Å²) < 4.78 is 27.9. The van der Waals surface area contributed by atoms with Crippen LogP contribution in [0.25, 0.3) is 0 Å². The van der Waals surface area contributed by atoms with Crippen LogP contribution in [0.1, 0.15) is 17.4 Å². The van der Waals surface area contributed by atoms with E-state index in [9.17, 15) is 13.2 Å². The first kappa shape index (κ1) is 18.9. The van der Waals surface area contributed by atoms with Gasteiger partial charge in [0.05, 0.1) is 0 Å². The van der Waals surface area contributed by atoms with Crippen LogP contribution >= 0.6 is 12.4 Å². The lowest BCUT2D eigenvalue weighted by Gasteiger charge is -2.04. The van der Waals surface area contributed by atoms with Gasteiger partial charge in [-0.05, 0) is 12.6 Å². The highest BCUT2D eigenvalue weighted by Crippen LogP contribution is 2.13. The normalized spacial score (nSPS) is 10.9. The summed E-state index contributed by atoms with van der Waals surface area (Å²) in [5.41, 5.74) is 0.301. The second kappa shape index (κ2) is 8.25. The van der Waals surface area contributed by atoms with E-state index in [1.807, 2.05) is 6.92 Å². The summed E-state index contributed by atoms with van der Waals surface area (Å²) in [6.45, 7) is 3.60. The van der Waals surface area contributed by atoms with Crippen molar-refractivity contribution in [1.29, 1.82) is 0 Å². The molecule has 0 atom stereocenters. The molecule has 0 aliphatic rings. The molecule has 0 fully saturated rings. The third-order valence-corrected chi connectivity index (χ3v) is 4.02. The van der Waals surface area contributed by atoms with Crippen LogP contribution in [-0.4, -0.2) is 45.6 Å². The second-order valence-electron chi connectivity index (χ2n) is 4.00. The van der Waals surface area contributed by atoms with Crippen LogP contribution in [0.15, 0.2) is 17.2 Å². The van der Waals surface area contributed by atoms with Gasteiger partial charge in [-0.2, -0.15) is 0 Å². The van der Waals surface area contributed by atoms with Gasteiger partial charge < -0.3 is 15.2 Å². The fourth-order valence-corrected chi connectivity index (χ4v) is 2.67. The number of hydrogen-bond acceptors (Lipinski definition) is 4. The number of hydrogen-bond donors (Lipinski definition) is 3. The number of sulfonamides is 1. The summed E-state index contributed by atoms with van der Waals surface area (Å²) in [6, 6.07) is 1.36. The molecule has 0 bridgehead atoms. The summed E-state index contributed by atoms with van der Waals surface area (Å²) in [5.74, 6) is -0.323. The first-order chi connectivity index (χ1) is 8.92. The Morgan fingerprint density at radius 3 is 2.55 bits per heavy atom. The van der Waals surface area contributed by atoms with E-state index >= 15 is 0 Å². The molecule has 116 valence electrons. The Kier molecular flexibility index (Phi) is 7.80. The fraction of sp³-hybridized carbons (Fsp3) is 0.545. The lowest BCUT2D eigenvalue weighted by atomic mass is 10.4. The standard InChI is InChI=1S/C11H20N4O3S.ClH/c1-4-13-5-6-14-19(17,18)9-7-10(11(16)12-2)15(3)8-9;/h7-8,13-14H,4-6H2,1-3H3,(H,12,16);1H. The molecule has 0 radical (unpaired) electrons. The van der Waals surface area contributed by atoms with Crippen molar-refractivity contribution in [3.63, 3.8) is 0 Å². The smallest absolute Gasteiger partial charge is 0.267 e. The Hall–Kier alpha value is -1.09. The van der Waals surface area contributed by atoms with Gasteiger partial charge >= 0.3 is 0 Å². The van der Waals surface area contributed by atoms with Crippen LogP contribution in [-0.2, 0) is 17.1 Å². The van der Waals surface area contributed by atoms with Crippen LogP contribution in [0.3, 0.4) is 0 Å². The molecule has 1 amide bonds. The Bertz CT molecular complexity index is 542. The van der Waals surface area contributed by atoms with Crippen molar-refractivity contribution in [1.82, 2.24) is 19.9 Å². The number of aryl methyl sites for hydroxylation is 1. The molecule has 9 heteroatoms. The molecule has 1 heterocycles. The number of amides is 1. The number of rotatable bonds is 7. The molecule has 1 rings (SSSR count). The number of carbonyl (C=O) groups excluding carboxylic acids is 1. The maximum Gasteiger partial charge on any atom is 0.267 e. The van der Waals surface area contributed by atoms with Gasteiger partial charge in [-0.1, -0.05) is 6.92 Å². The highest BCUT2D eigenvalue weighted by Gasteiger charge is 2.19. The third-order valence-electron chi connectivity index (χ3n) is 2.59. The topological polar surface area (TPSA) is 92.2 Å². The van der Waals surface area contributed by atoms with E-state index < -0.39 is 10.0 Å². The molecule has 0 unspecified atom stereocenters. The Morgan fingerprint density at radius 1 is 1.35 bits per heavy atom. The third kappa shape index (κ3) is 4.78. The molecule has 0 saturated carbocycles. The number of aromatic nitrogens is 1. The largest absolute Gasteiger partial charge is 0.354 e. The van der Waals surface area contributed by atoms with Crippen LogP contribution in [0.4, 0.5) is 0 Å². The molecular formula is C11H21ClN4O3S. The van der Waals surface area contributed by atoms with E-state index in [1.54, 1.807) is 7.05 Å². The van der Waals surface area contributed by atoms with Gasteiger partial charge in [0.2, 0.25) is 10.0 Å². The van der Waals surface area contributed by atoms with Gasteiger partial charge in [0.1, 0.15) is 10.6 Å². The van der Waals surface area contributed by atoms with Crippen molar-refractivity contribution in [2.24, 2.45) is 7.05 Å². The number of nitrogens with one attached hydrogen (secondary N) is 3. The monoisotopic (exact) mass is 324 g/mol. The molecule has 0 aliphatic heterocycles. The lowest BCUT2D eigenvalue weighted by Crippen LogP contribution is -2.31. The van der Waals surface area contributed by atoms with Gasteiger partial charge in [-0.3, -0.25) is 4.79 Å². The maximum absolute atomic E-state index is 12.0. The van der Waals surface area contributed by atoms with Gasteiger partial charge in [0.15, 0.2) is 0 Å². The number of likely N-dealkylation sites (N-methyl/N-ethyl adjacent to an activating group) is 1. The molecular weight excluding hydrogens is 304 g/mol. The maximum atomic E-state index is 12.0. The van der Waals surface area contributed by atoms with E-state index in [4.69, 9.17) is 0 Å². The summed E-state index contributed by atoms with van der Waals surface area (Å²) >= 11 is 0. The van der Waals surface area contributed by atoms with Crippen LogP contribution in [0, 0.1) is 0 Å². The highest BCUT2D eigenvalue weighted by atomic mass is 35.5. The van der Waals surface area contributed by atoms with E-state index in [1.165, 1.54) is 23.9 Å². The summed E-state index contributed by atoms with van der Waals surface area (Å²) in [5, 5.41) is 5.48. The predicted octanol–water partition coefficient (Wildman–Crippen LogP) is -0.306. The van der Waals surface area contributed by atoms with E-state index in [0.29, 0.717) is 18.8 Å². The van der Waals surface area contributed by atoms with Crippen molar-refractivity contribution in [3.05, 3.63) is 18.0 Å². The summed E-state index contributed by atoms with van der Waals surface area (Å²) in [6.07, 6.45) is 1.42. The minimum atomic E-state index is -3.57. The van der Waals surface area contributed by atoms with Crippen LogP contribution in [0.5, 0.6) is 0 Å². The van der Waals surface area contributed by atoms with Crippen molar-refractivity contribution >= 4 is 28.3 Å². The average Bonchev–Trinajstić information content (AvgIpc) is 2.77. The molecule has 0 saturated heterocycles. The zero-order valence-corrected chi connectivity index (χ0v) is 13.4. The second-order valence-corrected chi connectivity index (χ2v) is 5.77. The van der Waals surface area contributed by atoms with Crippen molar-refractivity contribution in [3.8, 4) is 0 Å². The SMILES string of the molecule is CCNCCNS(=O)(=O)c1cc(C(=O)NC)n(C)c1.Cl. The summed E-state index contributed by atoms with van der Waals surface area (Å²) in [4.78, 5) is 11.6. The molecule has 1 aromatic rings. The number of nitrogens with zero attached hydrogens (tertiary/aromatic N) is 1. The molecule has 0 aromatic carbocycles. The summed E-state index contributed by atoms with van der Waals surface area (Å²) in [7, 11) is -0.450. The highest BCUT2D eigenvalue weighted by molar-refractivity contribution is 7.89. The van der Waals surface area contributed by atoms with E-state index in [0.717, 1.165) is 6.54 Å². The van der Waals surface area contributed by atoms with Crippen LogP contribution in [0.2, 0.25) is 0 Å². The van der Waals surface area contributed by atoms with Gasteiger partial charge in [0, 0.05) is 33.4 Å². The Labute approximate surface area is 125 Å². The fourth-order valence-electron chi connectivity index (χ4n) is 1.57. The minimum Gasteiger partial charge on any atom is -0.354 e. The zero-order chi connectivity index (χ0) is 14.5. The molecule has 1 aromatic heterocycles. The average molecular weight is 325 g/mol. The molecule has 0 spiro atoms. The molecule has 7 nitrogen and oxygen atoms in total. The zero-order valence-electron chi connectivity index (χ0n) is 11.8. The van der Waals surface area contributed by atoms with Gasteiger partial charge in [-0.25, -0.2) is 13.1 Å². The quantitative estimate of drug-likeness (QED) is 0.600. The Balaban J connectivity index is 0.00000361. The molecule has 3 N–H and O–H groups in total. The van der Waals surface area contributed by atoms with Gasteiger partial charge in [-0.15, -0.1) is 12.4 Å². The first-order valence-electron chi connectivity index (χ1n) is 6.01. The van der Waals surface area contributed by atoms with Gasteiger partial charge in [0.25, 0.3) is 5.91 Å². The minimum absolute atomic E-state index is 0. The molecule has 20 heavy (non-hydrogen) atoms. The van der Waals surface area contributed by atoms with Crippen molar-refractivity contribution in [2.45, 2.75) is 11.8 Å². The first-order valence-corrected chi connectivity index (χ1v) is 7.49.